The van der Waals surface area contributed by atoms with E-state index in [0.29, 0.717) is 12.2 Å². The van der Waals surface area contributed by atoms with Crippen molar-refractivity contribution < 1.29 is 5.11 Å². The van der Waals surface area contributed by atoms with Crippen molar-refractivity contribution in [1.29, 1.82) is 0 Å². The number of nitrogens with one attached hydrogen (secondary N) is 1. The van der Waals surface area contributed by atoms with Gasteiger partial charge in [-0.15, -0.1) is 0 Å². The Balaban J connectivity index is 1.87. The first kappa shape index (κ1) is 12.3. The molecule has 0 spiro atoms. The molecule has 0 unspecified atom stereocenters. The highest BCUT2D eigenvalue weighted by molar-refractivity contribution is 5.27. The van der Waals surface area contributed by atoms with Crippen molar-refractivity contribution >= 4 is 0 Å². The second kappa shape index (κ2) is 5.44. The second-order valence-corrected chi connectivity index (χ2v) is 4.54. The highest BCUT2D eigenvalue weighted by Gasteiger charge is 2.13. The van der Waals surface area contributed by atoms with Crippen LogP contribution in [0.4, 0.5) is 0 Å². The highest BCUT2D eigenvalue weighted by atomic mass is 16.3. The van der Waals surface area contributed by atoms with Crippen LogP contribution in [0.5, 0.6) is 5.75 Å². The maximum Gasteiger partial charge on any atom is 0.138 e. The van der Waals surface area contributed by atoms with Gasteiger partial charge in [-0.2, -0.15) is 0 Å². The zero-order valence-corrected chi connectivity index (χ0v) is 10.5. The van der Waals surface area contributed by atoms with Crippen LogP contribution >= 0.6 is 0 Å². The maximum absolute atomic E-state index is 9.68. The molecule has 1 aromatic rings. The Labute approximate surface area is 102 Å². The standard InChI is InChI=1S/C12H20N4O/c1-10-3-4-12(17)11(14-10)9-13-16-7-5-15(2)6-8-16/h3-4,13,17H,5-9H2,1-2H3. The molecule has 2 heterocycles. The summed E-state index contributed by atoms with van der Waals surface area (Å²) in [4.78, 5) is 6.63. The van der Waals surface area contributed by atoms with Gasteiger partial charge in [0.1, 0.15) is 5.75 Å². The zero-order valence-electron chi connectivity index (χ0n) is 10.5. The number of piperazine rings is 1. The molecule has 0 aromatic carbocycles. The van der Waals surface area contributed by atoms with E-state index in [1.165, 1.54) is 0 Å². The molecule has 1 aliphatic rings. The van der Waals surface area contributed by atoms with Crippen LogP contribution in [0.3, 0.4) is 0 Å². The van der Waals surface area contributed by atoms with Gasteiger partial charge in [0.25, 0.3) is 0 Å². The molecule has 2 rings (SSSR count). The third kappa shape index (κ3) is 3.39. The van der Waals surface area contributed by atoms with E-state index in [9.17, 15) is 5.11 Å². The van der Waals surface area contributed by atoms with Gasteiger partial charge >= 0.3 is 0 Å². The minimum atomic E-state index is 0.261. The van der Waals surface area contributed by atoms with Gasteiger partial charge < -0.3 is 10.0 Å². The second-order valence-electron chi connectivity index (χ2n) is 4.54. The third-order valence-corrected chi connectivity index (χ3v) is 3.06. The summed E-state index contributed by atoms with van der Waals surface area (Å²) in [5.74, 6) is 0.261. The predicted octanol–water partition coefficient (Wildman–Crippen LogP) is 0.348. The Bertz CT molecular complexity index is 375. The number of aryl methyl sites for hydroxylation is 1. The van der Waals surface area contributed by atoms with Crippen LogP contribution in [0.25, 0.3) is 0 Å². The Hall–Kier alpha value is -1.17. The SMILES string of the molecule is Cc1ccc(O)c(CNN2CCN(C)CC2)n1. The summed E-state index contributed by atoms with van der Waals surface area (Å²) >= 11 is 0. The summed E-state index contributed by atoms with van der Waals surface area (Å²) in [5.41, 5.74) is 4.95. The maximum atomic E-state index is 9.68. The van der Waals surface area contributed by atoms with Crippen molar-refractivity contribution in [3.8, 4) is 5.75 Å². The lowest BCUT2D eigenvalue weighted by molar-refractivity contribution is 0.101. The fraction of sp³-hybridized carbons (Fsp3) is 0.583. The average Bonchev–Trinajstić information content (AvgIpc) is 2.32. The van der Waals surface area contributed by atoms with Gasteiger partial charge in [-0.25, -0.2) is 10.4 Å². The van der Waals surface area contributed by atoms with Gasteiger partial charge in [0.15, 0.2) is 0 Å². The minimum Gasteiger partial charge on any atom is -0.506 e. The van der Waals surface area contributed by atoms with E-state index in [4.69, 9.17) is 0 Å². The molecule has 5 heteroatoms. The number of aromatic hydroxyl groups is 1. The van der Waals surface area contributed by atoms with Crippen LogP contribution in [0.1, 0.15) is 11.4 Å². The lowest BCUT2D eigenvalue weighted by Gasteiger charge is -2.32. The Morgan fingerprint density at radius 2 is 2.00 bits per heavy atom. The molecule has 1 aliphatic heterocycles. The highest BCUT2D eigenvalue weighted by Crippen LogP contribution is 2.14. The van der Waals surface area contributed by atoms with Crippen LogP contribution < -0.4 is 5.43 Å². The van der Waals surface area contributed by atoms with E-state index in [1.54, 1.807) is 6.07 Å². The van der Waals surface area contributed by atoms with Crippen LogP contribution in [0.15, 0.2) is 12.1 Å². The van der Waals surface area contributed by atoms with Gasteiger partial charge in [0.05, 0.1) is 12.2 Å². The van der Waals surface area contributed by atoms with E-state index < -0.39 is 0 Å². The summed E-state index contributed by atoms with van der Waals surface area (Å²) in [6.45, 7) is 6.66. The molecule has 1 aromatic heterocycles. The third-order valence-electron chi connectivity index (χ3n) is 3.06. The zero-order chi connectivity index (χ0) is 12.3. The molecule has 0 amide bonds. The summed E-state index contributed by atoms with van der Waals surface area (Å²) in [6.07, 6.45) is 0. The molecule has 0 bridgehead atoms. The van der Waals surface area contributed by atoms with Gasteiger partial charge in [-0.3, -0.25) is 4.98 Å². The van der Waals surface area contributed by atoms with Gasteiger partial charge in [0, 0.05) is 31.9 Å². The summed E-state index contributed by atoms with van der Waals surface area (Å²) in [6, 6.07) is 3.51. The van der Waals surface area contributed by atoms with Gasteiger partial charge in [-0.05, 0) is 26.1 Å². The molecule has 0 atom stereocenters. The smallest absolute Gasteiger partial charge is 0.138 e. The molecule has 2 N–H and O–H groups in total. The first-order valence-electron chi connectivity index (χ1n) is 5.97. The van der Waals surface area contributed by atoms with Gasteiger partial charge in [-0.1, -0.05) is 0 Å². The lowest BCUT2D eigenvalue weighted by Crippen LogP contribution is -2.50. The van der Waals surface area contributed by atoms with Crippen LogP contribution in [0, 0.1) is 6.92 Å². The van der Waals surface area contributed by atoms with E-state index >= 15 is 0 Å². The Morgan fingerprint density at radius 3 is 2.71 bits per heavy atom. The number of hydrogen-bond acceptors (Lipinski definition) is 5. The molecule has 0 radical (unpaired) electrons. The minimum absolute atomic E-state index is 0.261. The fourth-order valence-corrected chi connectivity index (χ4v) is 1.88. The van der Waals surface area contributed by atoms with Crippen molar-refractivity contribution in [2.75, 3.05) is 33.2 Å². The molecular formula is C12H20N4O. The van der Waals surface area contributed by atoms with Crippen LogP contribution in [-0.4, -0.2) is 53.2 Å². The van der Waals surface area contributed by atoms with Crippen molar-refractivity contribution in [2.45, 2.75) is 13.5 Å². The number of hydrogen-bond donors (Lipinski definition) is 2. The van der Waals surface area contributed by atoms with Crippen LogP contribution in [-0.2, 0) is 6.54 Å². The molecule has 0 saturated carbocycles. The van der Waals surface area contributed by atoms with Crippen molar-refractivity contribution in [3.63, 3.8) is 0 Å². The van der Waals surface area contributed by atoms with Crippen molar-refractivity contribution in [1.82, 2.24) is 20.3 Å². The van der Waals surface area contributed by atoms with Gasteiger partial charge in [0.2, 0.25) is 0 Å². The normalized spacial score (nSPS) is 18.5. The number of nitrogens with zero attached hydrogens (tertiary/aromatic N) is 3. The summed E-state index contributed by atoms with van der Waals surface area (Å²) in [7, 11) is 2.13. The lowest BCUT2D eigenvalue weighted by atomic mass is 10.3. The molecule has 1 fully saturated rings. The average molecular weight is 236 g/mol. The van der Waals surface area contributed by atoms with Crippen molar-refractivity contribution in [3.05, 3.63) is 23.5 Å². The van der Waals surface area contributed by atoms with E-state index in [0.717, 1.165) is 31.9 Å². The predicted molar refractivity (Wildman–Crippen MR) is 66.5 cm³/mol. The first-order chi connectivity index (χ1) is 8.15. The molecular weight excluding hydrogens is 216 g/mol. The number of likely N-dealkylation sites (N-methyl/N-ethyl adjacent to an activating group) is 1. The molecule has 94 valence electrons. The summed E-state index contributed by atoms with van der Waals surface area (Å²) in [5, 5.41) is 11.9. The largest absolute Gasteiger partial charge is 0.506 e. The Kier molecular flexibility index (Phi) is 3.93. The molecule has 1 saturated heterocycles. The number of pyridine rings is 1. The fourth-order valence-electron chi connectivity index (χ4n) is 1.88. The van der Waals surface area contributed by atoms with Crippen molar-refractivity contribution in [2.24, 2.45) is 0 Å². The number of aromatic nitrogens is 1. The first-order valence-corrected chi connectivity index (χ1v) is 5.97. The molecule has 17 heavy (non-hydrogen) atoms. The number of rotatable bonds is 3. The molecule has 5 nitrogen and oxygen atoms in total. The van der Waals surface area contributed by atoms with Crippen LogP contribution in [0.2, 0.25) is 0 Å². The van der Waals surface area contributed by atoms with E-state index in [1.807, 2.05) is 13.0 Å². The molecule has 0 aliphatic carbocycles. The van der Waals surface area contributed by atoms with E-state index in [2.05, 4.69) is 27.4 Å². The quantitative estimate of drug-likeness (QED) is 0.793. The monoisotopic (exact) mass is 236 g/mol. The number of hydrazine groups is 1. The summed E-state index contributed by atoms with van der Waals surface area (Å²) < 4.78 is 0. The topological polar surface area (TPSA) is 51.6 Å². The van der Waals surface area contributed by atoms with E-state index in [-0.39, 0.29) is 5.75 Å². The Morgan fingerprint density at radius 1 is 1.29 bits per heavy atom.